The summed E-state index contributed by atoms with van der Waals surface area (Å²) in [4.78, 5) is 26.7. The van der Waals surface area contributed by atoms with E-state index in [9.17, 15) is 9.59 Å². The Morgan fingerprint density at radius 2 is 1.50 bits per heavy atom. The molecule has 0 aliphatic carbocycles. The smallest absolute Gasteiger partial charge is 0.272 e. The van der Waals surface area contributed by atoms with Crippen LogP contribution in [0.1, 0.15) is 15.9 Å². The van der Waals surface area contributed by atoms with Crippen molar-refractivity contribution in [3.05, 3.63) is 99.7 Å². The zero-order valence-electron chi connectivity index (χ0n) is 16.0. The van der Waals surface area contributed by atoms with E-state index in [0.29, 0.717) is 26.9 Å². The normalized spacial score (nSPS) is 11.1. The van der Waals surface area contributed by atoms with Gasteiger partial charge < -0.3 is 10.6 Å². The van der Waals surface area contributed by atoms with Crippen LogP contribution in [-0.4, -0.2) is 18.1 Å². The summed E-state index contributed by atoms with van der Waals surface area (Å²) >= 11 is 14.1. The van der Waals surface area contributed by atoms with Gasteiger partial charge in [0.1, 0.15) is 5.70 Å². The number of hydrogen-bond acceptors (Lipinski definition) is 3. The zero-order valence-corrected chi connectivity index (χ0v) is 18.3. The average Bonchev–Trinajstić information content (AvgIpc) is 2.76. The minimum atomic E-state index is -0.493. The van der Waals surface area contributed by atoms with Crippen molar-refractivity contribution in [1.29, 1.82) is 0 Å². The van der Waals surface area contributed by atoms with Crippen LogP contribution in [0.5, 0.6) is 0 Å². The second-order valence-electron chi connectivity index (χ2n) is 6.20. The fraction of sp³-hybridized carbons (Fsp3) is 0.0435. The van der Waals surface area contributed by atoms with Crippen molar-refractivity contribution in [1.82, 2.24) is 5.32 Å². The number of halogens is 2. The Bertz CT molecular complexity index is 1060. The minimum Gasteiger partial charge on any atom is -0.321 e. The summed E-state index contributed by atoms with van der Waals surface area (Å²) in [7, 11) is 0. The molecule has 0 bridgehead atoms. The molecule has 0 radical (unpaired) electrons. The molecular formula is C23H18Cl2N2O2S. The lowest BCUT2D eigenvalue weighted by Gasteiger charge is -2.12. The van der Waals surface area contributed by atoms with Crippen molar-refractivity contribution in [2.24, 2.45) is 0 Å². The number of benzene rings is 3. The number of rotatable bonds is 6. The lowest BCUT2D eigenvalue weighted by Crippen LogP contribution is -2.30. The lowest BCUT2D eigenvalue weighted by molar-refractivity contribution is -0.113. The maximum atomic E-state index is 13.0. The lowest BCUT2D eigenvalue weighted by atomic mass is 10.1. The first kappa shape index (κ1) is 22.0. The van der Waals surface area contributed by atoms with Gasteiger partial charge in [-0.05, 0) is 60.9 Å². The molecule has 0 aliphatic heterocycles. The van der Waals surface area contributed by atoms with E-state index in [1.54, 1.807) is 66.4 Å². The average molecular weight is 457 g/mol. The Morgan fingerprint density at radius 3 is 2.10 bits per heavy atom. The third-order valence-corrected chi connectivity index (χ3v) is 5.57. The number of carbonyl (C=O) groups excluding carboxylic acids is 2. The second kappa shape index (κ2) is 10.3. The summed E-state index contributed by atoms with van der Waals surface area (Å²) in [6.45, 7) is 0. The fourth-order valence-electron chi connectivity index (χ4n) is 2.61. The summed E-state index contributed by atoms with van der Waals surface area (Å²) in [6.07, 6.45) is 3.44. The number of anilines is 1. The van der Waals surface area contributed by atoms with Crippen LogP contribution in [-0.2, 0) is 4.79 Å². The van der Waals surface area contributed by atoms with E-state index in [2.05, 4.69) is 10.6 Å². The molecule has 30 heavy (non-hydrogen) atoms. The molecule has 0 aromatic heterocycles. The predicted molar refractivity (Wildman–Crippen MR) is 125 cm³/mol. The van der Waals surface area contributed by atoms with Gasteiger partial charge in [-0.1, -0.05) is 47.5 Å². The van der Waals surface area contributed by atoms with E-state index in [-0.39, 0.29) is 5.70 Å². The van der Waals surface area contributed by atoms with Gasteiger partial charge in [0.25, 0.3) is 11.8 Å². The first-order chi connectivity index (χ1) is 14.5. The maximum absolute atomic E-state index is 13.0. The van der Waals surface area contributed by atoms with Crippen LogP contribution in [0.3, 0.4) is 0 Å². The molecule has 0 aliphatic rings. The number of thioether (sulfide) groups is 1. The van der Waals surface area contributed by atoms with Crippen LogP contribution < -0.4 is 10.6 Å². The number of amides is 2. The SMILES string of the molecule is CSc1ccc(NC(=O)/C(=C/c2c(Cl)cccc2Cl)NC(=O)c2ccccc2)cc1. The molecule has 2 amide bonds. The van der Waals surface area contributed by atoms with Crippen LogP contribution in [0.25, 0.3) is 6.08 Å². The van der Waals surface area contributed by atoms with Gasteiger partial charge in [-0.3, -0.25) is 9.59 Å². The summed E-state index contributed by atoms with van der Waals surface area (Å²) in [6, 6.07) is 21.0. The van der Waals surface area contributed by atoms with E-state index in [1.807, 2.05) is 24.5 Å². The molecule has 0 heterocycles. The van der Waals surface area contributed by atoms with Gasteiger partial charge in [-0.2, -0.15) is 0 Å². The van der Waals surface area contributed by atoms with E-state index in [1.165, 1.54) is 6.08 Å². The molecule has 3 aromatic rings. The van der Waals surface area contributed by atoms with Gasteiger partial charge in [0.05, 0.1) is 0 Å². The highest BCUT2D eigenvalue weighted by Gasteiger charge is 2.16. The van der Waals surface area contributed by atoms with Crippen LogP contribution in [0.15, 0.2) is 83.4 Å². The van der Waals surface area contributed by atoms with Crippen molar-refractivity contribution in [2.45, 2.75) is 4.90 Å². The molecule has 0 saturated carbocycles. The van der Waals surface area contributed by atoms with Gasteiger partial charge in [-0.25, -0.2) is 0 Å². The standard InChI is InChI=1S/C23H18Cl2N2O2S/c1-30-17-12-10-16(11-13-17)26-23(29)21(14-18-19(24)8-5-9-20(18)25)27-22(28)15-6-3-2-4-7-15/h2-14H,1H3,(H,26,29)(H,27,28)/b21-14-. The third kappa shape index (κ3) is 5.66. The third-order valence-electron chi connectivity index (χ3n) is 4.17. The van der Waals surface area contributed by atoms with Crippen LogP contribution in [0.4, 0.5) is 5.69 Å². The molecular weight excluding hydrogens is 439 g/mol. The molecule has 0 fully saturated rings. The Kier molecular flexibility index (Phi) is 7.57. The second-order valence-corrected chi connectivity index (χ2v) is 7.89. The van der Waals surface area contributed by atoms with E-state index < -0.39 is 11.8 Å². The molecule has 0 atom stereocenters. The van der Waals surface area contributed by atoms with Crippen molar-refractivity contribution in [3.63, 3.8) is 0 Å². The molecule has 4 nitrogen and oxygen atoms in total. The van der Waals surface area contributed by atoms with Crippen LogP contribution >= 0.6 is 35.0 Å². The molecule has 3 rings (SSSR count). The van der Waals surface area contributed by atoms with E-state index in [0.717, 1.165) is 4.90 Å². The highest BCUT2D eigenvalue weighted by molar-refractivity contribution is 7.98. The zero-order chi connectivity index (χ0) is 21.5. The highest BCUT2D eigenvalue weighted by atomic mass is 35.5. The van der Waals surface area contributed by atoms with Crippen molar-refractivity contribution < 1.29 is 9.59 Å². The molecule has 3 aromatic carbocycles. The predicted octanol–water partition coefficient (Wildman–Crippen LogP) is 6.12. The van der Waals surface area contributed by atoms with Crippen molar-refractivity contribution >= 4 is 58.5 Å². The molecule has 7 heteroatoms. The van der Waals surface area contributed by atoms with Crippen molar-refractivity contribution in [2.75, 3.05) is 11.6 Å². The van der Waals surface area contributed by atoms with Gasteiger partial charge >= 0.3 is 0 Å². The highest BCUT2D eigenvalue weighted by Crippen LogP contribution is 2.27. The largest absolute Gasteiger partial charge is 0.321 e. The first-order valence-electron chi connectivity index (χ1n) is 8.95. The van der Waals surface area contributed by atoms with Gasteiger partial charge in [-0.15, -0.1) is 11.8 Å². The topological polar surface area (TPSA) is 58.2 Å². The van der Waals surface area contributed by atoms with Gasteiger partial charge in [0.15, 0.2) is 0 Å². The van der Waals surface area contributed by atoms with Gasteiger partial charge in [0, 0.05) is 31.8 Å². The number of nitrogens with one attached hydrogen (secondary N) is 2. The molecule has 0 unspecified atom stereocenters. The van der Waals surface area contributed by atoms with Gasteiger partial charge in [0.2, 0.25) is 0 Å². The Hall–Kier alpha value is -2.73. The summed E-state index contributed by atoms with van der Waals surface area (Å²) in [5.74, 6) is -0.912. The summed E-state index contributed by atoms with van der Waals surface area (Å²) < 4.78 is 0. The Balaban J connectivity index is 1.92. The Morgan fingerprint density at radius 1 is 0.867 bits per heavy atom. The first-order valence-corrected chi connectivity index (χ1v) is 10.9. The molecule has 0 spiro atoms. The molecule has 0 saturated heterocycles. The quantitative estimate of drug-likeness (QED) is 0.346. The van der Waals surface area contributed by atoms with Crippen LogP contribution in [0.2, 0.25) is 10.0 Å². The number of hydrogen-bond donors (Lipinski definition) is 2. The maximum Gasteiger partial charge on any atom is 0.272 e. The molecule has 152 valence electrons. The van der Waals surface area contributed by atoms with E-state index in [4.69, 9.17) is 23.2 Å². The van der Waals surface area contributed by atoms with Crippen molar-refractivity contribution in [3.8, 4) is 0 Å². The Labute approximate surface area is 189 Å². The minimum absolute atomic E-state index is 0.0211. The summed E-state index contributed by atoms with van der Waals surface area (Å²) in [5, 5.41) is 6.19. The van der Waals surface area contributed by atoms with E-state index >= 15 is 0 Å². The number of carbonyl (C=O) groups is 2. The molecule has 2 N–H and O–H groups in total. The monoisotopic (exact) mass is 456 g/mol. The fourth-order valence-corrected chi connectivity index (χ4v) is 3.52. The van der Waals surface area contributed by atoms with Crippen LogP contribution in [0, 0.1) is 0 Å². The summed E-state index contributed by atoms with van der Waals surface area (Å²) in [5.41, 5.74) is 1.48.